The zero-order chi connectivity index (χ0) is 24.8. The van der Waals surface area contributed by atoms with Crippen LogP contribution in [-0.4, -0.2) is 29.7 Å². The summed E-state index contributed by atoms with van der Waals surface area (Å²) >= 11 is 1.48. The van der Waals surface area contributed by atoms with E-state index < -0.39 is 0 Å². The molecule has 6 nitrogen and oxygen atoms in total. The second kappa shape index (κ2) is 11.6. The Morgan fingerprint density at radius 1 is 1.06 bits per heavy atom. The molecule has 1 heterocycles. The smallest absolute Gasteiger partial charge is 0.234 e. The Bertz CT molecular complexity index is 1220. The Balaban J connectivity index is 1.47. The molecule has 0 saturated heterocycles. The number of aromatic nitrogens is 1. The van der Waals surface area contributed by atoms with Gasteiger partial charge >= 0.3 is 0 Å². The summed E-state index contributed by atoms with van der Waals surface area (Å²) in [6, 6.07) is 13.7. The van der Waals surface area contributed by atoms with E-state index in [2.05, 4.69) is 22.8 Å². The molecule has 35 heavy (non-hydrogen) atoms. The highest BCUT2D eigenvalue weighted by Crippen LogP contribution is 2.33. The summed E-state index contributed by atoms with van der Waals surface area (Å²) in [6.45, 7) is 3.73. The number of methoxy groups -OCH3 is 1. The average molecular weight is 492 g/mol. The third kappa shape index (κ3) is 6.54. The van der Waals surface area contributed by atoms with Crippen molar-refractivity contribution in [2.45, 2.75) is 57.4 Å². The molecule has 0 spiro atoms. The molecule has 0 radical (unpaired) electrons. The molecule has 4 rings (SSSR count). The third-order valence-electron chi connectivity index (χ3n) is 6.49. The van der Waals surface area contributed by atoms with E-state index in [1.54, 1.807) is 7.11 Å². The Morgan fingerprint density at radius 2 is 1.86 bits per heavy atom. The van der Waals surface area contributed by atoms with Gasteiger partial charge in [-0.05, 0) is 66.8 Å². The number of benzene rings is 2. The van der Waals surface area contributed by atoms with E-state index in [0.717, 1.165) is 39.4 Å². The molecule has 1 aromatic heterocycles. The highest BCUT2D eigenvalue weighted by Gasteiger charge is 2.19. The molecular formula is C28H33N3O3S. The summed E-state index contributed by atoms with van der Waals surface area (Å²) < 4.78 is 5.38. The fourth-order valence-electron chi connectivity index (χ4n) is 4.55. The van der Waals surface area contributed by atoms with Crippen molar-refractivity contribution in [2.75, 3.05) is 23.5 Å². The monoisotopic (exact) mass is 491 g/mol. The molecule has 184 valence electrons. The van der Waals surface area contributed by atoms with Crippen LogP contribution < -0.4 is 15.4 Å². The molecule has 3 aromatic rings. The fraction of sp³-hybridized carbons (Fsp3) is 0.393. The normalized spacial score (nSPS) is 13.7. The van der Waals surface area contributed by atoms with Crippen LogP contribution in [0, 0.1) is 12.8 Å². The molecule has 1 aliphatic rings. The molecule has 0 unspecified atom stereocenters. The van der Waals surface area contributed by atoms with Gasteiger partial charge in [-0.2, -0.15) is 0 Å². The summed E-state index contributed by atoms with van der Waals surface area (Å²) in [5.74, 6) is 1.62. The quantitative estimate of drug-likeness (QED) is 0.340. The maximum absolute atomic E-state index is 12.8. The number of ether oxygens (including phenoxy) is 1. The molecule has 1 fully saturated rings. The van der Waals surface area contributed by atoms with Crippen LogP contribution in [0.4, 0.5) is 11.4 Å². The number of nitrogens with zero attached hydrogens (tertiary/aromatic N) is 1. The maximum Gasteiger partial charge on any atom is 0.234 e. The van der Waals surface area contributed by atoms with E-state index in [1.165, 1.54) is 43.0 Å². The van der Waals surface area contributed by atoms with Gasteiger partial charge in [0.2, 0.25) is 11.8 Å². The van der Waals surface area contributed by atoms with Gasteiger partial charge in [-0.15, -0.1) is 0 Å². The second-order valence-electron chi connectivity index (χ2n) is 9.13. The summed E-state index contributed by atoms with van der Waals surface area (Å²) in [6.07, 6.45) is 6.55. The molecule has 2 amide bonds. The number of fused-ring (bicyclic) bond motifs is 1. The van der Waals surface area contributed by atoms with Gasteiger partial charge in [-0.3, -0.25) is 9.59 Å². The Hall–Kier alpha value is -3.06. The van der Waals surface area contributed by atoms with E-state index in [0.29, 0.717) is 18.0 Å². The van der Waals surface area contributed by atoms with Crippen LogP contribution in [0.15, 0.2) is 47.5 Å². The second-order valence-corrected chi connectivity index (χ2v) is 10.1. The number of hydrogen-bond acceptors (Lipinski definition) is 5. The number of aryl methyl sites for hydroxylation is 1. The number of carbonyl (C=O) groups excluding carboxylic acids is 2. The van der Waals surface area contributed by atoms with Crippen molar-refractivity contribution in [1.29, 1.82) is 0 Å². The van der Waals surface area contributed by atoms with Crippen LogP contribution in [0.1, 0.15) is 50.2 Å². The number of carbonyl (C=O) groups is 2. The molecule has 1 saturated carbocycles. The standard InChI is InChI=1S/C28H33N3O3S/c1-4-26(32)30-24-12-10-22(13-18(24)2)29-27(33)17-35-28-21(14-19-7-5-6-8-19)15-20-9-11-23(34-3)16-25(20)31-28/h9-13,15-16,19H,4-8,14,17H2,1-3H3,(H,29,33)(H,30,32). The first-order valence-corrected chi connectivity index (χ1v) is 13.2. The number of anilines is 2. The Labute approximate surface area is 211 Å². The zero-order valence-electron chi connectivity index (χ0n) is 20.6. The average Bonchev–Trinajstić information content (AvgIpc) is 3.37. The first-order valence-electron chi connectivity index (χ1n) is 12.3. The highest BCUT2D eigenvalue weighted by molar-refractivity contribution is 8.00. The van der Waals surface area contributed by atoms with Crippen LogP contribution in [0.3, 0.4) is 0 Å². The molecule has 2 N–H and O–H groups in total. The topological polar surface area (TPSA) is 80.3 Å². The summed E-state index contributed by atoms with van der Waals surface area (Å²) in [5.41, 5.74) is 4.48. The molecule has 1 aliphatic carbocycles. The maximum atomic E-state index is 12.8. The van der Waals surface area contributed by atoms with Crippen LogP contribution in [-0.2, 0) is 16.0 Å². The van der Waals surface area contributed by atoms with Gasteiger partial charge in [0, 0.05) is 29.2 Å². The number of rotatable bonds is 9. The van der Waals surface area contributed by atoms with Crippen molar-refractivity contribution in [3.05, 3.63) is 53.6 Å². The summed E-state index contributed by atoms with van der Waals surface area (Å²) in [5, 5.41) is 7.86. The largest absolute Gasteiger partial charge is 0.497 e. The number of hydrogen-bond donors (Lipinski definition) is 2. The number of amides is 2. The van der Waals surface area contributed by atoms with Crippen molar-refractivity contribution < 1.29 is 14.3 Å². The van der Waals surface area contributed by atoms with Crippen molar-refractivity contribution in [2.24, 2.45) is 5.92 Å². The van der Waals surface area contributed by atoms with Crippen molar-refractivity contribution >= 4 is 45.9 Å². The van der Waals surface area contributed by atoms with E-state index in [9.17, 15) is 9.59 Å². The van der Waals surface area contributed by atoms with Gasteiger partial charge < -0.3 is 15.4 Å². The SMILES string of the molecule is CCC(=O)Nc1ccc(NC(=O)CSc2nc3cc(OC)ccc3cc2CC2CCCC2)cc1C. The first-order chi connectivity index (χ1) is 16.9. The Morgan fingerprint density at radius 3 is 2.57 bits per heavy atom. The number of thioether (sulfide) groups is 1. The van der Waals surface area contributed by atoms with Crippen molar-refractivity contribution in [3.8, 4) is 5.75 Å². The minimum atomic E-state index is -0.0842. The minimum absolute atomic E-state index is 0.0322. The molecule has 7 heteroatoms. The zero-order valence-corrected chi connectivity index (χ0v) is 21.5. The van der Waals surface area contributed by atoms with Gasteiger partial charge in [-0.25, -0.2) is 4.98 Å². The van der Waals surface area contributed by atoms with E-state index in [-0.39, 0.29) is 17.6 Å². The summed E-state index contributed by atoms with van der Waals surface area (Å²) in [7, 11) is 1.65. The molecule has 0 bridgehead atoms. The lowest BCUT2D eigenvalue weighted by molar-refractivity contribution is -0.116. The van der Waals surface area contributed by atoms with Gasteiger partial charge in [0.15, 0.2) is 0 Å². The lowest BCUT2D eigenvalue weighted by Crippen LogP contribution is -2.15. The number of nitrogens with one attached hydrogen (secondary N) is 2. The predicted molar refractivity (Wildman–Crippen MR) is 143 cm³/mol. The van der Waals surface area contributed by atoms with Crippen LogP contribution in [0.25, 0.3) is 10.9 Å². The van der Waals surface area contributed by atoms with Gasteiger partial charge in [-0.1, -0.05) is 44.4 Å². The van der Waals surface area contributed by atoms with Gasteiger partial charge in [0.25, 0.3) is 0 Å². The molecule has 2 aromatic carbocycles. The van der Waals surface area contributed by atoms with E-state index >= 15 is 0 Å². The van der Waals surface area contributed by atoms with Crippen molar-refractivity contribution in [3.63, 3.8) is 0 Å². The van der Waals surface area contributed by atoms with Gasteiger partial charge in [0.1, 0.15) is 10.8 Å². The molecule has 0 aliphatic heterocycles. The lowest BCUT2D eigenvalue weighted by Gasteiger charge is -2.15. The van der Waals surface area contributed by atoms with E-state index in [1.807, 2.05) is 44.2 Å². The van der Waals surface area contributed by atoms with E-state index in [4.69, 9.17) is 9.72 Å². The van der Waals surface area contributed by atoms with Gasteiger partial charge in [0.05, 0.1) is 18.4 Å². The highest BCUT2D eigenvalue weighted by atomic mass is 32.2. The number of pyridine rings is 1. The van der Waals surface area contributed by atoms with Crippen LogP contribution >= 0.6 is 11.8 Å². The summed E-state index contributed by atoms with van der Waals surface area (Å²) in [4.78, 5) is 29.4. The lowest BCUT2D eigenvalue weighted by atomic mass is 9.98. The van der Waals surface area contributed by atoms with Crippen LogP contribution in [0.5, 0.6) is 5.75 Å². The van der Waals surface area contributed by atoms with Crippen LogP contribution in [0.2, 0.25) is 0 Å². The third-order valence-corrected chi connectivity index (χ3v) is 7.53. The predicted octanol–water partition coefficient (Wildman–Crippen LogP) is 6.36. The van der Waals surface area contributed by atoms with Crippen molar-refractivity contribution in [1.82, 2.24) is 4.98 Å². The fourth-order valence-corrected chi connectivity index (χ4v) is 5.38. The molecule has 0 atom stereocenters. The minimum Gasteiger partial charge on any atom is -0.497 e. The Kier molecular flexibility index (Phi) is 8.29. The first kappa shape index (κ1) is 25.0. The molecular weight excluding hydrogens is 458 g/mol.